The van der Waals surface area contributed by atoms with Crippen LogP contribution in [0.15, 0.2) is 53.6 Å². The molecule has 0 saturated carbocycles. The van der Waals surface area contributed by atoms with Gasteiger partial charge < -0.3 is 14.3 Å². The van der Waals surface area contributed by atoms with E-state index in [4.69, 9.17) is 4.74 Å². The van der Waals surface area contributed by atoms with Crippen molar-refractivity contribution in [3.8, 4) is 11.4 Å². The number of H-pyrrole nitrogens is 1. The number of nitrogens with one attached hydrogen (secondary N) is 1. The minimum absolute atomic E-state index is 0.184. The van der Waals surface area contributed by atoms with Crippen LogP contribution in [0.25, 0.3) is 11.4 Å². The van der Waals surface area contributed by atoms with E-state index in [1.54, 1.807) is 46.2 Å². The summed E-state index contributed by atoms with van der Waals surface area (Å²) in [5.41, 5.74) is 4.75. The van der Waals surface area contributed by atoms with Gasteiger partial charge >= 0.3 is 5.97 Å². The maximum absolute atomic E-state index is 13.4. The van der Waals surface area contributed by atoms with Crippen LogP contribution in [0, 0.1) is 27.7 Å². The number of rotatable bonds is 6. The molecule has 0 aliphatic rings. The molecule has 0 atom stereocenters. The fraction of sp³-hybridized carbons (Fsp3) is 0.240. The molecule has 0 radical (unpaired) electrons. The molecular weight excluding hydrogens is 420 g/mol. The maximum atomic E-state index is 13.4. The van der Waals surface area contributed by atoms with E-state index in [0.717, 1.165) is 22.6 Å². The van der Waals surface area contributed by atoms with Crippen LogP contribution in [0.1, 0.15) is 43.4 Å². The Morgan fingerprint density at radius 3 is 2.30 bits per heavy atom. The van der Waals surface area contributed by atoms with Crippen LogP contribution in [0.5, 0.6) is 0 Å². The molecular formula is C25H26N4O4. The van der Waals surface area contributed by atoms with Crippen LogP contribution in [-0.2, 0) is 11.8 Å². The monoisotopic (exact) mass is 446 g/mol. The number of ketones is 1. The van der Waals surface area contributed by atoms with Crippen molar-refractivity contribution in [3.05, 3.63) is 92.9 Å². The highest BCUT2D eigenvalue weighted by Gasteiger charge is 2.24. The van der Waals surface area contributed by atoms with Gasteiger partial charge in [0.1, 0.15) is 5.69 Å². The molecule has 0 saturated heterocycles. The number of aromatic amines is 1. The van der Waals surface area contributed by atoms with Crippen molar-refractivity contribution in [2.45, 2.75) is 27.7 Å². The fourth-order valence-electron chi connectivity index (χ4n) is 4.15. The largest absolute Gasteiger partial charge is 0.454 e. The predicted molar refractivity (Wildman–Crippen MR) is 125 cm³/mol. The summed E-state index contributed by atoms with van der Waals surface area (Å²) in [5, 5.41) is 0. The molecule has 170 valence electrons. The highest BCUT2D eigenvalue weighted by atomic mass is 16.5. The van der Waals surface area contributed by atoms with Gasteiger partial charge in [0.25, 0.3) is 5.56 Å². The summed E-state index contributed by atoms with van der Waals surface area (Å²) in [5.74, 6) is -0.881. The first-order chi connectivity index (χ1) is 15.7. The third kappa shape index (κ3) is 3.73. The summed E-state index contributed by atoms with van der Waals surface area (Å²) < 4.78 is 10.4. The number of benzene rings is 1. The smallest absolute Gasteiger partial charge is 0.340 e. The molecule has 0 bridgehead atoms. The fourth-order valence-corrected chi connectivity index (χ4v) is 4.15. The number of aromatic nitrogens is 4. The molecule has 33 heavy (non-hydrogen) atoms. The lowest BCUT2D eigenvalue weighted by atomic mass is 10.1. The van der Waals surface area contributed by atoms with Gasteiger partial charge in [-0.2, -0.15) is 0 Å². The number of ether oxygens (including phenoxy) is 1. The second kappa shape index (κ2) is 8.46. The van der Waals surface area contributed by atoms with Crippen LogP contribution in [-0.4, -0.2) is 37.3 Å². The molecule has 3 heterocycles. The summed E-state index contributed by atoms with van der Waals surface area (Å²) in [4.78, 5) is 41.4. The van der Waals surface area contributed by atoms with Crippen molar-refractivity contribution in [2.24, 2.45) is 7.05 Å². The van der Waals surface area contributed by atoms with Gasteiger partial charge in [-0.3, -0.25) is 14.3 Å². The number of aryl methyl sites for hydroxylation is 2. The number of carbonyl (C=O) groups excluding carboxylic acids is 2. The van der Waals surface area contributed by atoms with E-state index in [9.17, 15) is 14.4 Å². The number of Topliss-reactive ketones (excluding diaryl/α,β-unsaturated/α-hetero) is 1. The summed E-state index contributed by atoms with van der Waals surface area (Å²) >= 11 is 0. The average molecular weight is 447 g/mol. The Bertz CT molecular complexity index is 1420. The number of esters is 1. The quantitative estimate of drug-likeness (QED) is 0.362. The minimum atomic E-state index is -0.555. The zero-order valence-corrected chi connectivity index (χ0v) is 19.3. The standard InChI is InChI=1S/C25H26N4O4/c1-15-12-26-13-21(15)25(32)33-14-22(30)20-11-16(2)28(17(20)3)23-18(4)27(5)29(24(23)31)19-9-7-6-8-10-19/h6-13,26H,14H2,1-5H3. The highest BCUT2D eigenvalue weighted by Crippen LogP contribution is 2.23. The maximum Gasteiger partial charge on any atom is 0.340 e. The molecule has 8 nitrogen and oxygen atoms in total. The van der Waals surface area contributed by atoms with Crippen molar-refractivity contribution in [2.75, 3.05) is 6.61 Å². The van der Waals surface area contributed by atoms with Crippen LogP contribution in [0.2, 0.25) is 0 Å². The first-order valence-electron chi connectivity index (χ1n) is 10.6. The van der Waals surface area contributed by atoms with E-state index in [-0.39, 0.29) is 17.9 Å². The van der Waals surface area contributed by atoms with Crippen LogP contribution in [0.3, 0.4) is 0 Å². The van der Waals surface area contributed by atoms with Gasteiger partial charge in [0.15, 0.2) is 6.61 Å². The molecule has 4 aromatic rings. The Morgan fingerprint density at radius 2 is 1.67 bits per heavy atom. The first-order valence-corrected chi connectivity index (χ1v) is 10.6. The Balaban J connectivity index is 1.68. The zero-order valence-electron chi connectivity index (χ0n) is 19.3. The number of para-hydroxylation sites is 1. The molecule has 0 fully saturated rings. The highest BCUT2D eigenvalue weighted by molar-refractivity contribution is 6.00. The van der Waals surface area contributed by atoms with E-state index in [0.29, 0.717) is 22.5 Å². The minimum Gasteiger partial charge on any atom is -0.454 e. The van der Waals surface area contributed by atoms with E-state index in [2.05, 4.69) is 4.98 Å². The topological polar surface area (TPSA) is 91.0 Å². The Morgan fingerprint density at radius 1 is 0.970 bits per heavy atom. The molecule has 0 amide bonds. The van der Waals surface area contributed by atoms with E-state index < -0.39 is 5.97 Å². The molecule has 0 aliphatic carbocycles. The lowest BCUT2D eigenvalue weighted by molar-refractivity contribution is 0.0474. The first kappa shape index (κ1) is 22.1. The van der Waals surface area contributed by atoms with E-state index in [1.165, 1.54) is 0 Å². The normalized spacial score (nSPS) is 11.1. The number of hydrogen-bond donors (Lipinski definition) is 1. The lowest BCUT2D eigenvalue weighted by Gasteiger charge is -2.09. The summed E-state index contributed by atoms with van der Waals surface area (Å²) in [6, 6.07) is 11.1. The molecule has 3 aromatic heterocycles. The van der Waals surface area contributed by atoms with Crippen molar-refractivity contribution in [3.63, 3.8) is 0 Å². The zero-order chi connectivity index (χ0) is 23.9. The SMILES string of the molecule is Cc1c[nH]cc1C(=O)OCC(=O)c1cc(C)n(-c2c(C)n(C)n(-c3ccccc3)c2=O)c1C. The third-order valence-electron chi connectivity index (χ3n) is 5.99. The van der Waals surface area contributed by atoms with Gasteiger partial charge in [-0.1, -0.05) is 18.2 Å². The van der Waals surface area contributed by atoms with Crippen molar-refractivity contribution in [1.29, 1.82) is 0 Å². The van der Waals surface area contributed by atoms with Crippen LogP contribution in [0.4, 0.5) is 0 Å². The van der Waals surface area contributed by atoms with Gasteiger partial charge in [0.05, 0.1) is 16.9 Å². The predicted octanol–water partition coefficient (Wildman–Crippen LogP) is 3.57. The lowest BCUT2D eigenvalue weighted by Crippen LogP contribution is -2.22. The molecule has 0 unspecified atom stereocenters. The molecule has 8 heteroatoms. The Labute approximate surface area is 191 Å². The molecule has 1 aromatic carbocycles. The number of nitrogens with zero attached hydrogens (tertiary/aromatic N) is 3. The van der Waals surface area contributed by atoms with Gasteiger partial charge in [-0.25, -0.2) is 9.48 Å². The van der Waals surface area contributed by atoms with Gasteiger partial charge in [0.2, 0.25) is 5.78 Å². The van der Waals surface area contributed by atoms with Crippen LogP contribution < -0.4 is 5.56 Å². The summed E-state index contributed by atoms with van der Waals surface area (Å²) in [6.07, 6.45) is 3.24. The third-order valence-corrected chi connectivity index (χ3v) is 5.99. The molecule has 0 aliphatic heterocycles. The average Bonchev–Trinajstić information content (AvgIpc) is 3.42. The van der Waals surface area contributed by atoms with Gasteiger partial charge in [-0.05, 0) is 51.5 Å². The second-order valence-corrected chi connectivity index (χ2v) is 8.08. The molecule has 0 spiro atoms. The summed E-state index contributed by atoms with van der Waals surface area (Å²) in [6.45, 7) is 6.91. The van der Waals surface area contributed by atoms with Crippen molar-refractivity contribution in [1.82, 2.24) is 18.9 Å². The van der Waals surface area contributed by atoms with Crippen LogP contribution >= 0.6 is 0 Å². The number of carbonyl (C=O) groups is 2. The molecule has 4 rings (SSSR count). The van der Waals surface area contributed by atoms with Crippen molar-refractivity contribution >= 4 is 11.8 Å². The van der Waals surface area contributed by atoms with Gasteiger partial charge in [-0.15, -0.1) is 0 Å². The van der Waals surface area contributed by atoms with E-state index in [1.807, 2.05) is 51.2 Å². The molecule has 1 N–H and O–H groups in total. The summed E-state index contributed by atoms with van der Waals surface area (Å²) in [7, 11) is 1.83. The van der Waals surface area contributed by atoms with Gasteiger partial charge in [0, 0.05) is 36.4 Å². The van der Waals surface area contributed by atoms with E-state index >= 15 is 0 Å². The number of hydrogen-bond acceptors (Lipinski definition) is 4. The van der Waals surface area contributed by atoms with Crippen molar-refractivity contribution < 1.29 is 14.3 Å². The second-order valence-electron chi connectivity index (χ2n) is 8.08. The Kier molecular flexibility index (Phi) is 5.68. The Hall–Kier alpha value is -4.07.